The van der Waals surface area contributed by atoms with Crippen LogP contribution < -0.4 is 11.1 Å². The van der Waals surface area contributed by atoms with E-state index in [0.29, 0.717) is 23.6 Å². The molecule has 0 aliphatic rings. The number of thiazole rings is 1. The van der Waals surface area contributed by atoms with Crippen molar-refractivity contribution >= 4 is 44.7 Å². The number of fused-ring (bicyclic) bond motifs is 1. The molecule has 3 N–H and O–H groups in total. The predicted octanol–water partition coefficient (Wildman–Crippen LogP) is 3.41. The van der Waals surface area contributed by atoms with Crippen molar-refractivity contribution < 1.29 is 4.79 Å². The number of rotatable bonds is 4. The fraction of sp³-hybridized carbons (Fsp3) is 0.385. The van der Waals surface area contributed by atoms with E-state index < -0.39 is 0 Å². The van der Waals surface area contributed by atoms with Crippen LogP contribution in [-0.4, -0.2) is 16.4 Å². The summed E-state index contributed by atoms with van der Waals surface area (Å²) in [6.07, 6.45) is 0.976. The van der Waals surface area contributed by atoms with Gasteiger partial charge in [-0.15, -0.1) is 11.3 Å². The van der Waals surface area contributed by atoms with Crippen molar-refractivity contribution in [3.8, 4) is 0 Å². The minimum atomic E-state index is -0.353. The van der Waals surface area contributed by atoms with Gasteiger partial charge in [-0.3, -0.25) is 4.79 Å². The molecule has 0 bridgehead atoms. The summed E-state index contributed by atoms with van der Waals surface area (Å²) in [6, 6.07) is 3.67. The first-order valence-corrected chi connectivity index (χ1v) is 7.23. The molecule has 19 heavy (non-hydrogen) atoms. The van der Waals surface area contributed by atoms with E-state index in [1.807, 2.05) is 19.9 Å². The molecule has 2 aromatic rings. The Balaban J connectivity index is 2.15. The Morgan fingerprint density at radius 1 is 1.53 bits per heavy atom. The number of nitrogens with one attached hydrogen (secondary N) is 1. The molecule has 6 heteroatoms. The fourth-order valence-corrected chi connectivity index (χ4v) is 2.55. The van der Waals surface area contributed by atoms with Crippen LogP contribution in [0.2, 0.25) is 5.02 Å². The molecule has 0 saturated carbocycles. The lowest BCUT2D eigenvalue weighted by molar-refractivity contribution is -0.116. The zero-order valence-corrected chi connectivity index (χ0v) is 12.4. The lowest BCUT2D eigenvalue weighted by atomic mass is 10.00. The summed E-state index contributed by atoms with van der Waals surface area (Å²) in [5, 5.41) is 3.33. The maximum atomic E-state index is 11.9. The first kappa shape index (κ1) is 14.2. The number of nitrogens with two attached hydrogens (primary N) is 1. The number of carbonyl (C=O) groups excluding carboxylic acids is 1. The third-order valence-electron chi connectivity index (χ3n) is 2.71. The number of aromatic nitrogens is 1. The van der Waals surface area contributed by atoms with Gasteiger partial charge < -0.3 is 11.1 Å². The smallest absolute Gasteiger partial charge is 0.224 e. The summed E-state index contributed by atoms with van der Waals surface area (Å²) in [6.45, 7) is 3.79. The van der Waals surface area contributed by atoms with Crippen LogP contribution in [-0.2, 0) is 4.79 Å². The number of halogens is 1. The van der Waals surface area contributed by atoms with Gasteiger partial charge in [0.25, 0.3) is 0 Å². The Labute approximate surface area is 121 Å². The summed E-state index contributed by atoms with van der Waals surface area (Å²) in [7, 11) is 0. The van der Waals surface area contributed by atoms with Gasteiger partial charge in [-0.05, 0) is 32.4 Å². The molecule has 1 heterocycles. The summed E-state index contributed by atoms with van der Waals surface area (Å²) in [5.74, 6) is -0.0964. The molecule has 0 fully saturated rings. The predicted molar refractivity (Wildman–Crippen MR) is 80.8 cm³/mol. The summed E-state index contributed by atoms with van der Waals surface area (Å²) in [4.78, 5) is 16.2. The van der Waals surface area contributed by atoms with E-state index in [2.05, 4.69) is 10.3 Å². The number of nitrogens with zero attached hydrogens (tertiary/aromatic N) is 1. The maximum absolute atomic E-state index is 11.9. The molecule has 1 aromatic carbocycles. The summed E-state index contributed by atoms with van der Waals surface area (Å²) >= 11 is 7.63. The van der Waals surface area contributed by atoms with E-state index in [1.54, 1.807) is 11.6 Å². The van der Waals surface area contributed by atoms with E-state index in [4.69, 9.17) is 17.3 Å². The fourth-order valence-electron chi connectivity index (χ4n) is 1.66. The van der Waals surface area contributed by atoms with Crippen LogP contribution in [0.25, 0.3) is 10.2 Å². The van der Waals surface area contributed by atoms with Crippen LogP contribution >= 0.6 is 22.9 Å². The van der Waals surface area contributed by atoms with Crippen molar-refractivity contribution in [1.29, 1.82) is 0 Å². The number of hydrogen-bond donors (Lipinski definition) is 2. The first-order valence-electron chi connectivity index (χ1n) is 5.97. The lowest BCUT2D eigenvalue weighted by Gasteiger charge is -2.17. The number of carbonyl (C=O) groups is 1. The zero-order chi connectivity index (χ0) is 14.0. The van der Waals surface area contributed by atoms with Gasteiger partial charge >= 0.3 is 0 Å². The minimum Gasteiger partial charge on any atom is -0.326 e. The van der Waals surface area contributed by atoms with Gasteiger partial charge in [-0.1, -0.05) is 11.6 Å². The van der Waals surface area contributed by atoms with Crippen LogP contribution in [0.5, 0.6) is 0 Å². The third kappa shape index (κ3) is 3.65. The zero-order valence-electron chi connectivity index (χ0n) is 10.9. The van der Waals surface area contributed by atoms with Crippen LogP contribution in [0.1, 0.15) is 26.7 Å². The normalized spacial score (nSPS) is 11.8. The second-order valence-corrected chi connectivity index (χ2v) is 6.45. The Hall–Kier alpha value is -1.17. The second-order valence-electron chi connectivity index (χ2n) is 5.16. The van der Waals surface area contributed by atoms with E-state index in [9.17, 15) is 4.79 Å². The standard InChI is InChI=1S/C13H16ClN3OS/c1-13(2,15)6-5-10(18)17-11-8(14)3-4-9-12(11)16-7-19-9/h3-4,7H,5-6,15H2,1-2H3,(H,17,18). The van der Waals surface area contributed by atoms with Gasteiger partial charge in [0.05, 0.1) is 20.9 Å². The third-order valence-corrected chi connectivity index (χ3v) is 3.82. The van der Waals surface area contributed by atoms with Crippen LogP contribution in [0.3, 0.4) is 0 Å². The molecule has 1 aromatic heterocycles. The molecule has 2 rings (SSSR count). The Morgan fingerprint density at radius 2 is 2.26 bits per heavy atom. The van der Waals surface area contributed by atoms with Gasteiger partial charge in [0, 0.05) is 12.0 Å². The van der Waals surface area contributed by atoms with Crippen molar-refractivity contribution in [2.45, 2.75) is 32.2 Å². The molecule has 4 nitrogen and oxygen atoms in total. The SMILES string of the molecule is CC(C)(N)CCC(=O)Nc1c(Cl)ccc2scnc12. The molecule has 0 spiro atoms. The molecule has 1 amide bonds. The molecule has 102 valence electrons. The highest BCUT2D eigenvalue weighted by atomic mass is 35.5. The van der Waals surface area contributed by atoms with Crippen LogP contribution in [0.4, 0.5) is 5.69 Å². The van der Waals surface area contributed by atoms with Crippen molar-refractivity contribution in [3.05, 3.63) is 22.7 Å². The first-order chi connectivity index (χ1) is 8.87. The Bertz CT molecular complexity index is 603. The van der Waals surface area contributed by atoms with Crippen molar-refractivity contribution in [2.75, 3.05) is 5.32 Å². The van der Waals surface area contributed by atoms with Crippen molar-refractivity contribution in [2.24, 2.45) is 5.73 Å². The molecular formula is C13H16ClN3OS. The minimum absolute atomic E-state index is 0.0964. The topological polar surface area (TPSA) is 68.0 Å². The van der Waals surface area contributed by atoms with Crippen LogP contribution in [0.15, 0.2) is 17.6 Å². The maximum Gasteiger partial charge on any atom is 0.224 e. The largest absolute Gasteiger partial charge is 0.326 e. The van der Waals surface area contributed by atoms with Gasteiger partial charge in [0.2, 0.25) is 5.91 Å². The Morgan fingerprint density at radius 3 is 2.95 bits per heavy atom. The average molecular weight is 298 g/mol. The van der Waals surface area contributed by atoms with Crippen molar-refractivity contribution in [3.63, 3.8) is 0 Å². The lowest BCUT2D eigenvalue weighted by Crippen LogP contribution is -2.33. The molecule has 0 aliphatic carbocycles. The van der Waals surface area contributed by atoms with Gasteiger partial charge in [-0.25, -0.2) is 4.98 Å². The summed E-state index contributed by atoms with van der Waals surface area (Å²) < 4.78 is 0.999. The molecule has 0 atom stereocenters. The molecule has 0 aliphatic heterocycles. The average Bonchev–Trinajstić information content (AvgIpc) is 2.78. The molecule has 0 saturated heterocycles. The second kappa shape index (κ2) is 5.45. The van der Waals surface area contributed by atoms with E-state index in [0.717, 1.165) is 10.2 Å². The van der Waals surface area contributed by atoms with Gasteiger partial charge in [0.15, 0.2) is 0 Å². The highest BCUT2D eigenvalue weighted by Crippen LogP contribution is 2.32. The highest BCUT2D eigenvalue weighted by molar-refractivity contribution is 7.16. The monoisotopic (exact) mass is 297 g/mol. The van der Waals surface area contributed by atoms with E-state index >= 15 is 0 Å². The van der Waals surface area contributed by atoms with Gasteiger partial charge in [-0.2, -0.15) is 0 Å². The number of anilines is 1. The molecule has 0 unspecified atom stereocenters. The van der Waals surface area contributed by atoms with Crippen LogP contribution in [0, 0.1) is 0 Å². The summed E-state index contributed by atoms with van der Waals surface area (Å²) in [5.41, 5.74) is 8.56. The Kier molecular flexibility index (Phi) is 4.08. The molecule has 0 radical (unpaired) electrons. The number of hydrogen-bond acceptors (Lipinski definition) is 4. The van der Waals surface area contributed by atoms with Crippen molar-refractivity contribution in [1.82, 2.24) is 4.98 Å². The van der Waals surface area contributed by atoms with Gasteiger partial charge in [0.1, 0.15) is 5.52 Å². The highest BCUT2D eigenvalue weighted by Gasteiger charge is 2.16. The van der Waals surface area contributed by atoms with E-state index in [1.165, 1.54) is 11.3 Å². The quantitative estimate of drug-likeness (QED) is 0.909. The molecular weight excluding hydrogens is 282 g/mol. The number of amides is 1. The van der Waals surface area contributed by atoms with E-state index in [-0.39, 0.29) is 11.4 Å². The number of benzene rings is 1.